The van der Waals surface area contributed by atoms with Gasteiger partial charge in [-0.05, 0) is 100 Å². The molecule has 1 saturated heterocycles. The van der Waals surface area contributed by atoms with Gasteiger partial charge >= 0.3 is 6.09 Å². The SMILES string of the molecule is CCCN1CC2(CCC3c4ccc(cc4C(=O)c4ccc(C)s4)CC(O)CCC(C)=CCCC32C)OC1=O. The number of carbonyl (C=O) groups excluding carboxylic acids is 2. The molecule has 1 aromatic heterocycles. The van der Waals surface area contributed by atoms with E-state index in [4.69, 9.17) is 4.74 Å². The number of hydrogen-bond acceptors (Lipinski definition) is 5. The lowest BCUT2D eigenvalue weighted by Crippen LogP contribution is -2.48. The molecule has 1 saturated carbocycles. The molecule has 4 unspecified atom stereocenters. The maximum atomic E-state index is 14.0. The predicted molar refractivity (Wildman–Crippen MR) is 152 cm³/mol. The molecule has 0 radical (unpaired) electrons. The molecule has 204 valence electrons. The number of fused-ring (bicyclic) bond motifs is 8. The lowest BCUT2D eigenvalue weighted by molar-refractivity contribution is -0.0373. The van der Waals surface area contributed by atoms with E-state index in [1.165, 1.54) is 16.9 Å². The van der Waals surface area contributed by atoms with Gasteiger partial charge in [0.2, 0.25) is 5.78 Å². The highest BCUT2D eigenvalue weighted by molar-refractivity contribution is 7.14. The molecule has 2 heterocycles. The van der Waals surface area contributed by atoms with Crippen LogP contribution < -0.4 is 0 Å². The van der Waals surface area contributed by atoms with Crippen LogP contribution in [0.3, 0.4) is 0 Å². The van der Waals surface area contributed by atoms with Gasteiger partial charge in [-0.3, -0.25) is 4.79 Å². The van der Waals surface area contributed by atoms with E-state index in [0.29, 0.717) is 25.9 Å². The number of aryl methyl sites for hydroxylation is 1. The van der Waals surface area contributed by atoms with E-state index in [1.807, 2.05) is 30.0 Å². The van der Waals surface area contributed by atoms with Crippen LogP contribution in [0.1, 0.15) is 103 Å². The number of thiophene rings is 1. The summed E-state index contributed by atoms with van der Waals surface area (Å²) in [6.45, 7) is 9.89. The summed E-state index contributed by atoms with van der Waals surface area (Å²) in [6.07, 6.45) is 8.08. The highest BCUT2D eigenvalue weighted by Crippen LogP contribution is 2.61. The van der Waals surface area contributed by atoms with Crippen molar-refractivity contribution in [3.63, 3.8) is 0 Å². The highest BCUT2D eigenvalue weighted by atomic mass is 32.1. The second-order valence-electron chi connectivity index (χ2n) is 11.9. The normalized spacial score (nSPS) is 29.8. The quantitative estimate of drug-likeness (QED) is 0.332. The van der Waals surface area contributed by atoms with Gasteiger partial charge in [-0.25, -0.2) is 4.79 Å². The maximum absolute atomic E-state index is 14.0. The van der Waals surface area contributed by atoms with Crippen molar-refractivity contribution in [3.05, 3.63) is 68.4 Å². The summed E-state index contributed by atoms with van der Waals surface area (Å²) < 4.78 is 6.34. The minimum atomic E-state index is -0.558. The predicted octanol–water partition coefficient (Wildman–Crippen LogP) is 7.20. The molecule has 1 spiro atoms. The van der Waals surface area contributed by atoms with Crippen LogP contribution in [0.2, 0.25) is 0 Å². The first-order valence-electron chi connectivity index (χ1n) is 14.2. The zero-order valence-electron chi connectivity index (χ0n) is 23.2. The zero-order valence-corrected chi connectivity index (χ0v) is 24.0. The molecule has 2 aromatic rings. The number of ketones is 1. The van der Waals surface area contributed by atoms with Gasteiger partial charge in [0.05, 0.1) is 17.5 Å². The number of allylic oxidation sites excluding steroid dienone is 2. The molecular weight excluding hydrogens is 494 g/mol. The zero-order chi connectivity index (χ0) is 27.1. The number of carbonyl (C=O) groups is 2. The molecule has 4 aliphatic rings. The van der Waals surface area contributed by atoms with Gasteiger partial charge in [0.15, 0.2) is 0 Å². The first-order chi connectivity index (χ1) is 18.2. The average molecular weight is 536 g/mol. The molecule has 1 aliphatic heterocycles. The Morgan fingerprint density at radius 1 is 1.18 bits per heavy atom. The number of ether oxygens (including phenoxy) is 1. The molecule has 4 atom stereocenters. The Kier molecular flexibility index (Phi) is 7.58. The third-order valence-corrected chi connectivity index (χ3v) is 10.3. The number of rotatable bonds is 4. The Hall–Kier alpha value is -2.44. The number of amides is 1. The van der Waals surface area contributed by atoms with Crippen LogP contribution in [0, 0.1) is 12.3 Å². The van der Waals surface area contributed by atoms with Gasteiger partial charge in [0.25, 0.3) is 0 Å². The van der Waals surface area contributed by atoms with Crippen LogP contribution in [-0.4, -0.2) is 46.7 Å². The largest absolute Gasteiger partial charge is 0.440 e. The summed E-state index contributed by atoms with van der Waals surface area (Å²) in [5, 5.41) is 10.8. The van der Waals surface area contributed by atoms with Crippen LogP contribution in [0.25, 0.3) is 0 Å². The van der Waals surface area contributed by atoms with Gasteiger partial charge in [-0.1, -0.05) is 37.6 Å². The first-order valence-corrected chi connectivity index (χ1v) is 15.0. The minimum Gasteiger partial charge on any atom is -0.440 e. The van der Waals surface area contributed by atoms with Gasteiger partial charge in [0.1, 0.15) is 5.60 Å². The molecular formula is C32H41NO4S. The third-order valence-electron chi connectivity index (χ3n) is 9.33. The average Bonchev–Trinajstić information content (AvgIpc) is 3.53. The molecule has 5 nitrogen and oxygen atoms in total. The van der Waals surface area contributed by atoms with E-state index >= 15 is 0 Å². The molecule has 38 heavy (non-hydrogen) atoms. The smallest absolute Gasteiger partial charge is 0.410 e. The molecule has 6 rings (SSSR count). The van der Waals surface area contributed by atoms with E-state index in [9.17, 15) is 14.7 Å². The Morgan fingerprint density at radius 2 is 2.00 bits per heavy atom. The number of nitrogens with zero attached hydrogens (tertiary/aromatic N) is 1. The molecule has 2 fully saturated rings. The fourth-order valence-corrected chi connectivity index (χ4v) is 7.94. The molecule has 1 N–H and O–H groups in total. The van der Waals surface area contributed by atoms with E-state index in [0.717, 1.165) is 65.0 Å². The van der Waals surface area contributed by atoms with Crippen LogP contribution in [0.5, 0.6) is 0 Å². The number of hydrogen-bond donors (Lipinski definition) is 1. The first kappa shape index (κ1) is 27.1. The van der Waals surface area contributed by atoms with Crippen LogP contribution in [0.4, 0.5) is 4.79 Å². The van der Waals surface area contributed by atoms with Crippen molar-refractivity contribution in [2.45, 2.75) is 96.7 Å². The molecule has 3 aliphatic carbocycles. The van der Waals surface area contributed by atoms with E-state index < -0.39 is 11.7 Å². The standard InChI is InChI=1S/C32H41NO4S/c1-5-17-33-20-32(37-30(33)36)16-14-27-25-12-10-23(19-26(25)29(35)28-13-9-22(3)38-28)18-24(34)11-8-21(2)7-6-15-31(27,32)4/h7,9-10,12-13,19,24,27,34H,5-6,8,11,14-18,20H2,1-4H3. The van der Waals surface area contributed by atoms with E-state index in [2.05, 4.69) is 39.0 Å². The summed E-state index contributed by atoms with van der Waals surface area (Å²) in [4.78, 5) is 30.7. The summed E-state index contributed by atoms with van der Waals surface area (Å²) in [6, 6.07) is 10.2. The van der Waals surface area contributed by atoms with E-state index in [-0.39, 0.29) is 23.2 Å². The lowest BCUT2D eigenvalue weighted by Gasteiger charge is -2.43. The van der Waals surface area contributed by atoms with Crippen LogP contribution >= 0.6 is 11.3 Å². The fraction of sp³-hybridized carbons (Fsp3) is 0.562. The monoisotopic (exact) mass is 535 g/mol. The molecule has 6 heteroatoms. The Balaban J connectivity index is 1.63. The van der Waals surface area contributed by atoms with Crippen molar-refractivity contribution < 1.29 is 19.4 Å². The maximum Gasteiger partial charge on any atom is 0.410 e. The Labute approximate surface area is 230 Å². The summed E-state index contributed by atoms with van der Waals surface area (Å²) in [7, 11) is 0. The van der Waals surface area contributed by atoms with Crippen LogP contribution in [0.15, 0.2) is 42.0 Å². The van der Waals surface area contributed by atoms with Gasteiger partial charge in [0, 0.05) is 22.4 Å². The third kappa shape index (κ3) is 4.86. The second kappa shape index (κ2) is 10.6. The van der Waals surface area contributed by atoms with Crippen LogP contribution in [-0.2, 0) is 11.2 Å². The topological polar surface area (TPSA) is 66.8 Å². The summed E-state index contributed by atoms with van der Waals surface area (Å²) in [5.74, 6) is 0.143. The number of aliphatic hydroxyl groups excluding tert-OH is 1. The Bertz CT molecular complexity index is 1250. The van der Waals surface area contributed by atoms with Crippen molar-refractivity contribution in [1.82, 2.24) is 4.90 Å². The Morgan fingerprint density at radius 3 is 2.74 bits per heavy atom. The molecule has 1 aromatic carbocycles. The summed E-state index contributed by atoms with van der Waals surface area (Å²) in [5.41, 5.74) is 3.21. The van der Waals surface area contributed by atoms with Crippen molar-refractivity contribution in [3.8, 4) is 0 Å². The van der Waals surface area contributed by atoms with Crippen molar-refractivity contribution in [2.24, 2.45) is 5.41 Å². The fourth-order valence-electron chi connectivity index (χ4n) is 7.11. The molecule has 2 bridgehead atoms. The number of benzene rings is 1. The highest BCUT2D eigenvalue weighted by Gasteiger charge is 2.63. The number of aliphatic hydroxyl groups is 1. The van der Waals surface area contributed by atoms with Crippen molar-refractivity contribution in [2.75, 3.05) is 13.1 Å². The van der Waals surface area contributed by atoms with Crippen molar-refractivity contribution >= 4 is 23.2 Å². The molecule has 1 amide bonds. The lowest BCUT2D eigenvalue weighted by atomic mass is 9.65. The van der Waals surface area contributed by atoms with Crippen molar-refractivity contribution in [1.29, 1.82) is 0 Å². The van der Waals surface area contributed by atoms with Gasteiger partial charge in [-0.2, -0.15) is 0 Å². The summed E-state index contributed by atoms with van der Waals surface area (Å²) >= 11 is 1.53. The van der Waals surface area contributed by atoms with Gasteiger partial charge in [-0.15, -0.1) is 11.3 Å². The second-order valence-corrected chi connectivity index (χ2v) is 13.2. The minimum absolute atomic E-state index is 0.0524. The van der Waals surface area contributed by atoms with Gasteiger partial charge < -0.3 is 14.7 Å². The van der Waals surface area contributed by atoms with E-state index in [1.54, 1.807) is 0 Å².